The Bertz CT molecular complexity index is 699. The van der Waals surface area contributed by atoms with E-state index in [0.29, 0.717) is 23.9 Å². The van der Waals surface area contributed by atoms with E-state index in [1.807, 2.05) is 26.0 Å². The number of esters is 1. The fourth-order valence-corrected chi connectivity index (χ4v) is 2.67. The van der Waals surface area contributed by atoms with Crippen LogP contribution in [0, 0.1) is 5.92 Å². The molecule has 0 bridgehead atoms. The first-order valence-electron chi connectivity index (χ1n) is 10.4. The number of aromatic nitrogens is 2. The van der Waals surface area contributed by atoms with Crippen LogP contribution in [0.5, 0.6) is 11.5 Å². The van der Waals surface area contributed by atoms with Crippen molar-refractivity contribution in [2.45, 2.75) is 65.7 Å². The van der Waals surface area contributed by atoms with Gasteiger partial charge < -0.3 is 9.47 Å². The lowest BCUT2D eigenvalue weighted by atomic mass is 10.1. The molecule has 0 aliphatic rings. The van der Waals surface area contributed by atoms with Gasteiger partial charge in [-0.05, 0) is 37.1 Å². The van der Waals surface area contributed by atoms with Gasteiger partial charge in [-0.2, -0.15) is 0 Å². The van der Waals surface area contributed by atoms with Crippen LogP contribution in [0.25, 0.3) is 11.4 Å². The lowest BCUT2D eigenvalue weighted by Crippen LogP contribution is -2.16. The molecular weight excluding hydrogens is 352 g/mol. The molecule has 1 aromatic carbocycles. The Labute approximate surface area is 168 Å². The molecule has 2 aromatic rings. The SMILES string of the molecule is CCCCCCCCOc1cnc(-c2ccc(OC(=O)C(C)CC)cc2)nc1. The molecule has 0 spiro atoms. The molecule has 152 valence electrons. The minimum atomic E-state index is -0.210. The van der Waals surface area contributed by atoms with Crippen LogP contribution in [0.2, 0.25) is 0 Å². The van der Waals surface area contributed by atoms with E-state index in [2.05, 4.69) is 16.9 Å². The number of carbonyl (C=O) groups excluding carboxylic acids is 1. The highest BCUT2D eigenvalue weighted by Gasteiger charge is 2.13. The highest BCUT2D eigenvalue weighted by molar-refractivity contribution is 5.74. The molecular formula is C23H32N2O3. The van der Waals surface area contributed by atoms with Crippen molar-refractivity contribution in [1.29, 1.82) is 0 Å². The first-order valence-corrected chi connectivity index (χ1v) is 10.4. The molecule has 0 aliphatic carbocycles. The number of ether oxygens (including phenoxy) is 2. The zero-order valence-corrected chi connectivity index (χ0v) is 17.3. The standard InChI is InChI=1S/C23H32N2O3/c1-4-6-7-8-9-10-15-27-21-16-24-22(25-17-21)19-11-13-20(14-12-19)28-23(26)18(3)5-2/h11-14,16-18H,4-10,15H2,1-3H3. The Kier molecular flexibility index (Phi) is 9.46. The van der Waals surface area contributed by atoms with Gasteiger partial charge in [0.15, 0.2) is 11.6 Å². The quantitative estimate of drug-likeness (QED) is 0.261. The summed E-state index contributed by atoms with van der Waals surface area (Å²) < 4.78 is 11.1. The molecule has 1 aromatic heterocycles. The Hall–Kier alpha value is -2.43. The van der Waals surface area contributed by atoms with E-state index >= 15 is 0 Å². The molecule has 0 aliphatic heterocycles. The number of rotatable bonds is 12. The summed E-state index contributed by atoms with van der Waals surface area (Å²) in [5.74, 6) is 1.53. The van der Waals surface area contributed by atoms with E-state index < -0.39 is 0 Å². The predicted molar refractivity (Wildman–Crippen MR) is 111 cm³/mol. The summed E-state index contributed by atoms with van der Waals surface area (Å²) in [5, 5.41) is 0. The maximum absolute atomic E-state index is 11.8. The number of carbonyl (C=O) groups is 1. The van der Waals surface area contributed by atoms with Crippen LogP contribution in [-0.4, -0.2) is 22.5 Å². The molecule has 0 saturated heterocycles. The van der Waals surface area contributed by atoms with Crippen LogP contribution >= 0.6 is 0 Å². The molecule has 0 radical (unpaired) electrons. The van der Waals surface area contributed by atoms with Crippen molar-refractivity contribution in [3.63, 3.8) is 0 Å². The highest BCUT2D eigenvalue weighted by atomic mass is 16.5. The summed E-state index contributed by atoms with van der Waals surface area (Å²) in [6, 6.07) is 7.24. The minimum Gasteiger partial charge on any atom is -0.490 e. The van der Waals surface area contributed by atoms with Gasteiger partial charge in [0.2, 0.25) is 0 Å². The lowest BCUT2D eigenvalue weighted by Gasteiger charge is -2.09. The van der Waals surface area contributed by atoms with E-state index in [0.717, 1.165) is 18.4 Å². The van der Waals surface area contributed by atoms with Gasteiger partial charge in [-0.1, -0.05) is 52.9 Å². The van der Waals surface area contributed by atoms with Gasteiger partial charge in [0.05, 0.1) is 24.9 Å². The fourth-order valence-electron chi connectivity index (χ4n) is 2.67. The van der Waals surface area contributed by atoms with Crippen LogP contribution in [0.15, 0.2) is 36.7 Å². The van der Waals surface area contributed by atoms with Crippen molar-refractivity contribution >= 4 is 5.97 Å². The van der Waals surface area contributed by atoms with Crippen molar-refractivity contribution < 1.29 is 14.3 Å². The molecule has 5 heteroatoms. The number of hydrogen-bond acceptors (Lipinski definition) is 5. The van der Waals surface area contributed by atoms with Crippen molar-refractivity contribution in [2.24, 2.45) is 5.92 Å². The molecule has 1 atom stereocenters. The monoisotopic (exact) mass is 384 g/mol. The molecule has 1 heterocycles. The first-order chi connectivity index (χ1) is 13.6. The van der Waals surface area contributed by atoms with E-state index in [-0.39, 0.29) is 11.9 Å². The minimum absolute atomic E-state index is 0.105. The summed E-state index contributed by atoms with van der Waals surface area (Å²) >= 11 is 0. The summed E-state index contributed by atoms with van der Waals surface area (Å²) in [4.78, 5) is 20.6. The van der Waals surface area contributed by atoms with E-state index in [1.165, 1.54) is 32.1 Å². The molecule has 2 rings (SSSR count). The summed E-state index contributed by atoms with van der Waals surface area (Å²) in [7, 11) is 0. The summed E-state index contributed by atoms with van der Waals surface area (Å²) in [6.07, 6.45) is 11.6. The summed E-state index contributed by atoms with van der Waals surface area (Å²) in [6.45, 7) is 6.75. The molecule has 0 N–H and O–H groups in total. The van der Waals surface area contributed by atoms with Crippen molar-refractivity contribution in [3.8, 4) is 22.9 Å². The second kappa shape index (κ2) is 12.1. The van der Waals surface area contributed by atoms with Crippen LogP contribution in [0.4, 0.5) is 0 Å². The topological polar surface area (TPSA) is 61.3 Å². The third kappa shape index (κ3) is 7.29. The Morgan fingerprint density at radius 2 is 1.57 bits per heavy atom. The van der Waals surface area contributed by atoms with Gasteiger partial charge in [-0.15, -0.1) is 0 Å². The zero-order chi connectivity index (χ0) is 20.2. The maximum atomic E-state index is 11.8. The summed E-state index contributed by atoms with van der Waals surface area (Å²) in [5.41, 5.74) is 0.866. The van der Waals surface area contributed by atoms with Crippen LogP contribution in [0.3, 0.4) is 0 Å². The molecule has 5 nitrogen and oxygen atoms in total. The largest absolute Gasteiger partial charge is 0.490 e. The van der Waals surface area contributed by atoms with Gasteiger partial charge in [0.1, 0.15) is 5.75 Å². The number of hydrogen-bond donors (Lipinski definition) is 0. The van der Waals surface area contributed by atoms with Crippen molar-refractivity contribution in [3.05, 3.63) is 36.7 Å². The van der Waals surface area contributed by atoms with Crippen LogP contribution in [-0.2, 0) is 4.79 Å². The van der Waals surface area contributed by atoms with Crippen molar-refractivity contribution in [1.82, 2.24) is 9.97 Å². The van der Waals surface area contributed by atoms with Crippen LogP contribution in [0.1, 0.15) is 65.7 Å². The zero-order valence-electron chi connectivity index (χ0n) is 17.3. The predicted octanol–water partition coefficient (Wildman–Crippen LogP) is 5.83. The first kappa shape index (κ1) is 21.9. The molecule has 0 saturated carbocycles. The van der Waals surface area contributed by atoms with Gasteiger partial charge in [-0.3, -0.25) is 4.79 Å². The van der Waals surface area contributed by atoms with Crippen LogP contribution < -0.4 is 9.47 Å². The average molecular weight is 385 g/mol. The third-order valence-electron chi connectivity index (χ3n) is 4.74. The Morgan fingerprint density at radius 1 is 0.929 bits per heavy atom. The number of unbranched alkanes of at least 4 members (excludes halogenated alkanes) is 5. The van der Waals surface area contributed by atoms with Gasteiger partial charge in [-0.25, -0.2) is 9.97 Å². The van der Waals surface area contributed by atoms with E-state index in [4.69, 9.17) is 9.47 Å². The molecule has 28 heavy (non-hydrogen) atoms. The van der Waals surface area contributed by atoms with Gasteiger partial charge in [0, 0.05) is 5.56 Å². The third-order valence-corrected chi connectivity index (χ3v) is 4.74. The van der Waals surface area contributed by atoms with E-state index in [1.54, 1.807) is 24.5 Å². The van der Waals surface area contributed by atoms with Gasteiger partial charge in [0.25, 0.3) is 0 Å². The number of nitrogens with zero attached hydrogens (tertiary/aromatic N) is 2. The second-order valence-electron chi connectivity index (χ2n) is 7.11. The molecule has 1 unspecified atom stereocenters. The molecule has 0 amide bonds. The smallest absolute Gasteiger partial charge is 0.314 e. The average Bonchev–Trinajstić information content (AvgIpc) is 2.73. The maximum Gasteiger partial charge on any atom is 0.314 e. The molecule has 0 fully saturated rings. The number of benzene rings is 1. The second-order valence-corrected chi connectivity index (χ2v) is 7.11. The fraction of sp³-hybridized carbons (Fsp3) is 0.522. The Morgan fingerprint density at radius 3 is 2.21 bits per heavy atom. The lowest BCUT2D eigenvalue weighted by molar-refractivity contribution is -0.138. The van der Waals surface area contributed by atoms with Crippen molar-refractivity contribution in [2.75, 3.05) is 6.61 Å². The Balaban J connectivity index is 1.80. The van der Waals surface area contributed by atoms with E-state index in [9.17, 15) is 4.79 Å². The highest BCUT2D eigenvalue weighted by Crippen LogP contribution is 2.21. The van der Waals surface area contributed by atoms with Gasteiger partial charge >= 0.3 is 5.97 Å². The normalized spacial score (nSPS) is 11.8.